The van der Waals surface area contributed by atoms with E-state index in [1.54, 1.807) is 23.9 Å². The van der Waals surface area contributed by atoms with E-state index in [0.717, 1.165) is 10.6 Å². The van der Waals surface area contributed by atoms with Crippen molar-refractivity contribution in [2.45, 2.75) is 11.8 Å². The summed E-state index contributed by atoms with van der Waals surface area (Å²) >= 11 is 1.62. The lowest BCUT2D eigenvalue weighted by Gasteiger charge is -2.11. The molecule has 0 fully saturated rings. The number of rotatable bonds is 4. The summed E-state index contributed by atoms with van der Waals surface area (Å²) < 4.78 is 13.1. The van der Waals surface area contributed by atoms with Gasteiger partial charge in [-0.3, -0.25) is 0 Å². The zero-order chi connectivity index (χ0) is 13.7. The quantitative estimate of drug-likeness (QED) is 0.829. The number of nitrogens with zero attached hydrogens (tertiary/aromatic N) is 1. The van der Waals surface area contributed by atoms with Gasteiger partial charge in [-0.05, 0) is 36.1 Å². The smallest absolute Gasteiger partial charge is 0.125 e. The summed E-state index contributed by atoms with van der Waals surface area (Å²) in [5.74, 6) is 0.598. The van der Waals surface area contributed by atoms with Gasteiger partial charge in [0.05, 0.1) is 11.3 Å². The van der Waals surface area contributed by atoms with Crippen molar-refractivity contribution >= 4 is 23.1 Å². The second-order valence-corrected chi connectivity index (χ2v) is 5.16. The van der Waals surface area contributed by atoms with Crippen LogP contribution in [0.2, 0.25) is 0 Å². The number of hydrogen-bond acceptors (Lipinski definition) is 3. The average Bonchev–Trinajstić information content (AvgIpc) is 2.39. The fraction of sp³-hybridized carbons (Fsp3) is 0.133. The second-order valence-electron chi connectivity index (χ2n) is 3.86. The molecule has 96 valence electrons. The molecule has 0 radical (unpaired) electrons. The van der Waals surface area contributed by atoms with Crippen molar-refractivity contribution in [3.8, 4) is 6.07 Å². The van der Waals surface area contributed by atoms with Gasteiger partial charge in [0.2, 0.25) is 0 Å². The van der Waals surface area contributed by atoms with Gasteiger partial charge >= 0.3 is 0 Å². The maximum atomic E-state index is 13.1. The molecular formula is C15H13FN2S. The molecule has 2 aromatic rings. The lowest BCUT2D eigenvalue weighted by molar-refractivity contribution is 0.628. The van der Waals surface area contributed by atoms with E-state index in [4.69, 9.17) is 0 Å². The van der Waals surface area contributed by atoms with Crippen molar-refractivity contribution in [1.29, 1.82) is 5.26 Å². The molecule has 0 unspecified atom stereocenters. The highest BCUT2D eigenvalue weighted by molar-refractivity contribution is 7.99. The number of benzene rings is 2. The monoisotopic (exact) mass is 272 g/mol. The van der Waals surface area contributed by atoms with Crippen molar-refractivity contribution in [1.82, 2.24) is 0 Å². The van der Waals surface area contributed by atoms with E-state index in [2.05, 4.69) is 11.4 Å². The summed E-state index contributed by atoms with van der Waals surface area (Å²) in [6, 6.07) is 14.0. The molecule has 2 nitrogen and oxygen atoms in total. The SMILES string of the molecule is CCSc1cccc(Nc2cccc(F)c2)c1C#N. The first-order valence-corrected chi connectivity index (χ1v) is 6.91. The Morgan fingerprint density at radius 2 is 2.05 bits per heavy atom. The van der Waals surface area contributed by atoms with E-state index < -0.39 is 0 Å². The minimum atomic E-state index is -0.303. The highest BCUT2D eigenvalue weighted by atomic mass is 32.2. The molecule has 4 heteroatoms. The van der Waals surface area contributed by atoms with E-state index in [0.29, 0.717) is 16.9 Å². The summed E-state index contributed by atoms with van der Waals surface area (Å²) in [5.41, 5.74) is 1.93. The summed E-state index contributed by atoms with van der Waals surface area (Å²) in [5, 5.41) is 12.4. The van der Waals surface area contributed by atoms with E-state index in [9.17, 15) is 9.65 Å². The van der Waals surface area contributed by atoms with Crippen LogP contribution in [0.15, 0.2) is 47.4 Å². The third-order valence-corrected chi connectivity index (χ3v) is 3.48. The molecule has 0 aliphatic carbocycles. The van der Waals surface area contributed by atoms with Crippen LogP contribution in [-0.4, -0.2) is 5.75 Å². The Morgan fingerprint density at radius 3 is 2.74 bits per heavy atom. The Balaban J connectivity index is 2.35. The first kappa shape index (κ1) is 13.4. The first-order valence-electron chi connectivity index (χ1n) is 5.93. The normalized spacial score (nSPS) is 9.95. The van der Waals surface area contributed by atoms with Crippen LogP contribution in [0.3, 0.4) is 0 Å². The molecule has 0 atom stereocenters. The average molecular weight is 272 g/mol. The standard InChI is InChI=1S/C15H13FN2S/c1-2-19-15-8-4-7-14(13(15)10-17)18-12-6-3-5-11(16)9-12/h3-9,18H,2H2,1H3. The molecule has 0 spiro atoms. The van der Waals surface area contributed by atoms with Gasteiger partial charge in [0.1, 0.15) is 11.9 Å². The molecule has 1 N–H and O–H groups in total. The first-order chi connectivity index (χ1) is 9.24. The number of anilines is 2. The second kappa shape index (κ2) is 6.26. The molecule has 0 aromatic heterocycles. The van der Waals surface area contributed by atoms with Gasteiger partial charge in [-0.25, -0.2) is 4.39 Å². The number of nitrogens with one attached hydrogen (secondary N) is 1. The van der Waals surface area contributed by atoms with Crippen molar-refractivity contribution in [2.24, 2.45) is 0 Å². The molecule has 0 amide bonds. The topological polar surface area (TPSA) is 35.8 Å². The molecule has 0 saturated heterocycles. The lowest BCUT2D eigenvalue weighted by Crippen LogP contribution is -1.95. The molecule has 19 heavy (non-hydrogen) atoms. The Morgan fingerprint density at radius 1 is 1.26 bits per heavy atom. The predicted octanol–water partition coefficient (Wildman–Crippen LogP) is 4.55. The lowest BCUT2D eigenvalue weighted by atomic mass is 10.2. The minimum absolute atomic E-state index is 0.303. The summed E-state index contributed by atoms with van der Waals surface area (Å²) in [6.07, 6.45) is 0. The highest BCUT2D eigenvalue weighted by Gasteiger charge is 2.08. The molecule has 0 bridgehead atoms. The van der Waals surface area contributed by atoms with E-state index in [-0.39, 0.29) is 5.82 Å². The van der Waals surface area contributed by atoms with Crippen molar-refractivity contribution in [3.05, 3.63) is 53.8 Å². The Kier molecular flexibility index (Phi) is 4.43. The Labute approximate surface area is 116 Å². The zero-order valence-electron chi connectivity index (χ0n) is 10.5. The van der Waals surface area contributed by atoms with Gasteiger partial charge in [-0.2, -0.15) is 5.26 Å². The number of thioether (sulfide) groups is 1. The largest absolute Gasteiger partial charge is 0.354 e. The van der Waals surface area contributed by atoms with E-state index in [1.807, 2.05) is 25.1 Å². The fourth-order valence-electron chi connectivity index (χ4n) is 1.75. The maximum absolute atomic E-state index is 13.1. The van der Waals surface area contributed by atoms with E-state index >= 15 is 0 Å². The van der Waals surface area contributed by atoms with Crippen LogP contribution in [-0.2, 0) is 0 Å². The number of nitriles is 1. The van der Waals surface area contributed by atoms with Crippen LogP contribution in [0.1, 0.15) is 12.5 Å². The van der Waals surface area contributed by atoms with Crippen molar-refractivity contribution in [2.75, 3.05) is 11.1 Å². The van der Waals surface area contributed by atoms with Gasteiger partial charge in [-0.15, -0.1) is 11.8 Å². The maximum Gasteiger partial charge on any atom is 0.125 e. The van der Waals surface area contributed by atoms with Crippen LogP contribution < -0.4 is 5.32 Å². The zero-order valence-corrected chi connectivity index (χ0v) is 11.3. The van der Waals surface area contributed by atoms with Crippen molar-refractivity contribution in [3.63, 3.8) is 0 Å². The Bertz CT molecular complexity index is 620. The summed E-state index contributed by atoms with van der Waals surface area (Å²) in [4.78, 5) is 0.936. The Hall–Kier alpha value is -1.99. The molecule has 0 heterocycles. The van der Waals surface area contributed by atoms with Gasteiger partial charge in [0.25, 0.3) is 0 Å². The van der Waals surface area contributed by atoms with Gasteiger partial charge in [0.15, 0.2) is 0 Å². The van der Waals surface area contributed by atoms with Gasteiger partial charge in [0, 0.05) is 10.6 Å². The number of halogens is 1. The van der Waals surface area contributed by atoms with Crippen LogP contribution in [0.25, 0.3) is 0 Å². The highest BCUT2D eigenvalue weighted by Crippen LogP contribution is 2.29. The van der Waals surface area contributed by atoms with Gasteiger partial charge < -0.3 is 5.32 Å². The molecule has 0 saturated carbocycles. The van der Waals surface area contributed by atoms with Crippen LogP contribution in [0, 0.1) is 17.1 Å². The van der Waals surface area contributed by atoms with Gasteiger partial charge in [-0.1, -0.05) is 19.1 Å². The van der Waals surface area contributed by atoms with E-state index in [1.165, 1.54) is 12.1 Å². The molecule has 0 aliphatic heterocycles. The number of hydrogen-bond donors (Lipinski definition) is 1. The summed E-state index contributed by atoms with van der Waals surface area (Å²) in [6.45, 7) is 2.04. The molecular weight excluding hydrogens is 259 g/mol. The van der Waals surface area contributed by atoms with Crippen LogP contribution in [0.5, 0.6) is 0 Å². The molecule has 2 aromatic carbocycles. The summed E-state index contributed by atoms with van der Waals surface area (Å²) in [7, 11) is 0. The minimum Gasteiger partial charge on any atom is -0.354 e. The van der Waals surface area contributed by atoms with Crippen LogP contribution >= 0.6 is 11.8 Å². The van der Waals surface area contributed by atoms with Crippen molar-refractivity contribution < 1.29 is 4.39 Å². The fourth-order valence-corrected chi connectivity index (χ4v) is 2.53. The third-order valence-electron chi connectivity index (χ3n) is 2.54. The van der Waals surface area contributed by atoms with Crippen LogP contribution in [0.4, 0.5) is 15.8 Å². The molecule has 2 rings (SSSR count). The predicted molar refractivity (Wildman–Crippen MR) is 77.2 cm³/mol. The molecule has 0 aliphatic rings. The third kappa shape index (κ3) is 3.27.